The van der Waals surface area contributed by atoms with Gasteiger partial charge in [-0.2, -0.15) is 0 Å². The highest BCUT2D eigenvalue weighted by molar-refractivity contribution is 6.80. The summed E-state index contributed by atoms with van der Waals surface area (Å²) in [6.07, 6.45) is 2.22. The van der Waals surface area contributed by atoms with E-state index in [4.69, 9.17) is 19.2 Å². The molecule has 0 aliphatic heterocycles. The summed E-state index contributed by atoms with van der Waals surface area (Å²) in [5.41, 5.74) is 3.38. The number of ether oxygens (including phenoxy) is 2. The summed E-state index contributed by atoms with van der Waals surface area (Å²) in [4.78, 5) is 10.7. The van der Waals surface area contributed by atoms with Gasteiger partial charge in [-0.3, -0.25) is 0 Å². The maximum absolute atomic E-state index is 5.65. The average Bonchev–Trinajstić information content (AvgIpc) is 2.46. The summed E-state index contributed by atoms with van der Waals surface area (Å²) in [7, 11) is 0.462. The van der Waals surface area contributed by atoms with Gasteiger partial charge in [-0.25, -0.2) is 9.78 Å². The van der Waals surface area contributed by atoms with Gasteiger partial charge in [0.05, 0.1) is 21.3 Å². The van der Waals surface area contributed by atoms with Crippen LogP contribution in [0.2, 0.25) is 19.6 Å². The van der Waals surface area contributed by atoms with Gasteiger partial charge in [-0.05, 0) is 5.56 Å². The molecular formula is C17H28O4Si. The molecule has 0 amide bonds. The van der Waals surface area contributed by atoms with Crippen LogP contribution in [0, 0.1) is 0 Å². The van der Waals surface area contributed by atoms with Crippen LogP contribution in [0.3, 0.4) is 0 Å². The Morgan fingerprint density at radius 2 is 1.82 bits per heavy atom. The molecule has 0 radical (unpaired) electrons. The van der Waals surface area contributed by atoms with Crippen molar-refractivity contribution < 1.29 is 19.2 Å². The number of rotatable bonds is 11. The molecule has 0 saturated heterocycles. The number of methoxy groups -OCH3 is 1. The molecule has 5 heteroatoms. The summed E-state index contributed by atoms with van der Waals surface area (Å²) in [5.74, 6) is 0. The molecule has 22 heavy (non-hydrogen) atoms. The first-order chi connectivity index (χ1) is 10.5. The van der Waals surface area contributed by atoms with E-state index in [9.17, 15) is 0 Å². The van der Waals surface area contributed by atoms with E-state index in [0.717, 1.165) is 5.56 Å². The zero-order chi connectivity index (χ0) is 16.3. The third kappa shape index (κ3) is 9.86. The van der Waals surface area contributed by atoms with Gasteiger partial charge in [0.2, 0.25) is 0 Å². The lowest BCUT2D eigenvalue weighted by Gasteiger charge is -2.17. The van der Waals surface area contributed by atoms with E-state index in [-0.39, 0.29) is 0 Å². The molecule has 0 saturated carbocycles. The van der Waals surface area contributed by atoms with Crippen LogP contribution in [0.15, 0.2) is 42.1 Å². The fraction of sp³-hybridized carbons (Fsp3) is 0.529. The summed E-state index contributed by atoms with van der Waals surface area (Å²) in [6.45, 7) is 8.26. The van der Waals surface area contributed by atoms with Gasteiger partial charge in [0.15, 0.2) is 6.29 Å². The van der Waals surface area contributed by atoms with E-state index in [2.05, 4.69) is 25.3 Å². The predicted molar refractivity (Wildman–Crippen MR) is 91.3 cm³/mol. The molecule has 0 N–H and O–H groups in total. The van der Waals surface area contributed by atoms with Crippen LogP contribution in [0.4, 0.5) is 0 Å². The number of benzene rings is 1. The third-order valence-corrected chi connectivity index (χ3v) is 4.03. The Kier molecular flexibility index (Phi) is 9.27. The van der Waals surface area contributed by atoms with Crippen molar-refractivity contribution in [2.24, 2.45) is 0 Å². The fourth-order valence-corrected chi connectivity index (χ4v) is 2.55. The molecule has 1 aromatic carbocycles. The zero-order valence-electron chi connectivity index (χ0n) is 14.1. The largest absolute Gasteiger partial charge is 0.382 e. The molecule has 0 spiro atoms. The Labute approximate surface area is 135 Å². The first-order valence-corrected chi connectivity index (χ1v) is 11.2. The minimum atomic E-state index is -1.19. The minimum absolute atomic E-state index is 0.433. The molecule has 124 valence electrons. The number of hydrogen-bond donors (Lipinski definition) is 0. The molecular weight excluding hydrogens is 296 g/mol. The predicted octanol–water partition coefficient (Wildman–Crippen LogP) is 3.60. The molecule has 0 aromatic heterocycles. The van der Waals surface area contributed by atoms with E-state index >= 15 is 0 Å². The van der Waals surface area contributed by atoms with E-state index < -0.39 is 14.4 Å². The van der Waals surface area contributed by atoms with Crippen LogP contribution in [0.5, 0.6) is 0 Å². The molecule has 1 unspecified atom stereocenters. The van der Waals surface area contributed by atoms with Crippen molar-refractivity contribution >= 4 is 8.07 Å². The Morgan fingerprint density at radius 1 is 1.09 bits per heavy atom. The minimum Gasteiger partial charge on any atom is -0.382 e. The van der Waals surface area contributed by atoms with Crippen molar-refractivity contribution in [1.29, 1.82) is 0 Å². The van der Waals surface area contributed by atoms with Crippen molar-refractivity contribution in [2.45, 2.75) is 32.4 Å². The van der Waals surface area contributed by atoms with E-state index in [1.807, 2.05) is 36.4 Å². The smallest absolute Gasteiger partial charge is 0.195 e. The van der Waals surface area contributed by atoms with Gasteiger partial charge in [-0.1, -0.05) is 61.7 Å². The second-order valence-corrected chi connectivity index (χ2v) is 11.2. The Bertz CT molecular complexity index is 414. The van der Waals surface area contributed by atoms with Crippen molar-refractivity contribution in [3.05, 3.63) is 47.7 Å². The molecule has 0 heterocycles. The van der Waals surface area contributed by atoms with Gasteiger partial charge in [-0.15, -0.1) is 0 Å². The lowest BCUT2D eigenvalue weighted by atomic mass is 10.1. The Balaban J connectivity index is 2.39. The van der Waals surface area contributed by atoms with Gasteiger partial charge in [0, 0.05) is 13.5 Å². The van der Waals surface area contributed by atoms with Crippen molar-refractivity contribution in [2.75, 3.05) is 26.9 Å². The fourth-order valence-electron chi connectivity index (χ4n) is 1.75. The topological polar surface area (TPSA) is 36.9 Å². The highest BCUT2D eigenvalue weighted by Crippen LogP contribution is 2.08. The number of hydrogen-bond acceptors (Lipinski definition) is 4. The lowest BCUT2D eigenvalue weighted by Crippen LogP contribution is -2.23. The van der Waals surface area contributed by atoms with Crippen molar-refractivity contribution in [3.8, 4) is 0 Å². The summed E-state index contributed by atoms with van der Waals surface area (Å²) in [5, 5.41) is 0. The van der Waals surface area contributed by atoms with Crippen molar-refractivity contribution in [3.63, 3.8) is 0 Å². The van der Waals surface area contributed by atoms with E-state index in [0.29, 0.717) is 26.2 Å². The summed E-state index contributed by atoms with van der Waals surface area (Å²) < 4.78 is 10.6. The Morgan fingerprint density at radius 3 is 2.45 bits per heavy atom. The maximum Gasteiger partial charge on any atom is 0.195 e. The lowest BCUT2D eigenvalue weighted by molar-refractivity contribution is -0.373. The molecule has 0 fully saturated rings. The van der Waals surface area contributed by atoms with Crippen LogP contribution < -0.4 is 0 Å². The molecule has 1 atom stereocenters. The van der Waals surface area contributed by atoms with Gasteiger partial charge in [0.1, 0.15) is 6.61 Å². The van der Waals surface area contributed by atoms with Crippen LogP contribution in [0.25, 0.3) is 0 Å². The Hall–Kier alpha value is -0.983. The zero-order valence-corrected chi connectivity index (χ0v) is 15.1. The monoisotopic (exact) mass is 324 g/mol. The standard InChI is InChI=1S/C17H28O4Si/c1-18-12-13-19-17(15-16-9-6-5-7-10-16)21-20-11-8-14-22(2,3)4/h5-10,14,17H,11-13,15H2,1-4H3/b14-8-. The van der Waals surface area contributed by atoms with E-state index in [1.54, 1.807) is 7.11 Å². The molecule has 1 aromatic rings. The molecule has 0 aliphatic rings. The highest BCUT2D eigenvalue weighted by Gasteiger charge is 2.12. The van der Waals surface area contributed by atoms with Gasteiger partial charge >= 0.3 is 0 Å². The quantitative estimate of drug-likeness (QED) is 0.205. The molecule has 0 bridgehead atoms. The average molecular weight is 324 g/mol. The third-order valence-electron chi connectivity index (χ3n) is 2.79. The normalized spacial score (nSPS) is 13.6. The second-order valence-electron chi connectivity index (χ2n) is 6.13. The highest BCUT2D eigenvalue weighted by atomic mass is 28.3. The van der Waals surface area contributed by atoms with Crippen molar-refractivity contribution in [1.82, 2.24) is 0 Å². The summed E-state index contributed by atoms with van der Waals surface area (Å²) >= 11 is 0. The first-order valence-electron chi connectivity index (χ1n) is 7.62. The van der Waals surface area contributed by atoms with Gasteiger partial charge in [0.25, 0.3) is 0 Å². The van der Waals surface area contributed by atoms with Gasteiger partial charge < -0.3 is 9.47 Å². The molecule has 0 aliphatic carbocycles. The van der Waals surface area contributed by atoms with E-state index in [1.165, 1.54) is 0 Å². The molecule has 1 rings (SSSR count). The maximum atomic E-state index is 5.65. The van der Waals surface area contributed by atoms with Crippen LogP contribution in [0.1, 0.15) is 5.56 Å². The first kappa shape index (κ1) is 19.1. The SMILES string of the molecule is COCCOC(Cc1ccccc1)OOC/C=C\[Si](C)(C)C. The van der Waals surface area contributed by atoms with Crippen LogP contribution >= 0.6 is 0 Å². The van der Waals surface area contributed by atoms with Crippen LogP contribution in [-0.4, -0.2) is 41.3 Å². The van der Waals surface area contributed by atoms with Crippen LogP contribution in [-0.2, 0) is 25.7 Å². The second kappa shape index (κ2) is 10.7. The summed E-state index contributed by atoms with van der Waals surface area (Å²) in [6, 6.07) is 10.1. The molecule has 4 nitrogen and oxygen atoms in total.